The van der Waals surface area contributed by atoms with Crippen LogP contribution in [0.1, 0.15) is 12.8 Å². The summed E-state index contributed by atoms with van der Waals surface area (Å²) in [7, 11) is 0. The zero-order valence-electron chi connectivity index (χ0n) is 13.9. The predicted molar refractivity (Wildman–Crippen MR) is 97.1 cm³/mol. The summed E-state index contributed by atoms with van der Waals surface area (Å²) in [5, 5.41) is 3.74. The third kappa shape index (κ3) is 3.64. The molecule has 6 heteroatoms. The van der Waals surface area contributed by atoms with Crippen LogP contribution in [0.15, 0.2) is 48.9 Å². The van der Waals surface area contributed by atoms with Crippen molar-refractivity contribution in [2.24, 2.45) is 0 Å². The average Bonchev–Trinajstić information content (AvgIpc) is 3.14. The molecule has 1 N–H and O–H groups in total. The summed E-state index contributed by atoms with van der Waals surface area (Å²) in [6.07, 6.45) is 7.64. The summed E-state index contributed by atoms with van der Waals surface area (Å²) >= 11 is 0. The number of hydrogen-bond acceptors (Lipinski definition) is 5. The average molecular weight is 333 g/mol. The van der Waals surface area contributed by atoms with E-state index in [-0.39, 0.29) is 5.91 Å². The van der Waals surface area contributed by atoms with Gasteiger partial charge in [0.15, 0.2) is 0 Å². The molecule has 3 aromatic rings. The lowest BCUT2D eigenvalue weighted by molar-refractivity contribution is -0.117. The monoisotopic (exact) mass is 333 g/mol. The molecule has 0 spiro atoms. The van der Waals surface area contributed by atoms with Crippen LogP contribution in [-0.4, -0.2) is 45.4 Å². The largest absolute Gasteiger partial charge is 0.295 e. The second kappa shape index (κ2) is 6.94. The second-order valence-electron chi connectivity index (χ2n) is 6.24. The van der Waals surface area contributed by atoms with Gasteiger partial charge in [0.05, 0.1) is 12.1 Å². The Balaban J connectivity index is 1.55. The second-order valence-corrected chi connectivity index (χ2v) is 6.24. The van der Waals surface area contributed by atoms with Gasteiger partial charge >= 0.3 is 0 Å². The van der Waals surface area contributed by atoms with Crippen LogP contribution in [0.2, 0.25) is 0 Å². The molecule has 126 valence electrons. The number of carbonyl (C=O) groups is 1. The van der Waals surface area contributed by atoms with E-state index in [9.17, 15) is 4.79 Å². The Morgan fingerprint density at radius 3 is 2.80 bits per heavy atom. The minimum absolute atomic E-state index is 0.0651. The molecule has 1 aliphatic rings. The quantitative estimate of drug-likeness (QED) is 0.795. The third-order valence-corrected chi connectivity index (χ3v) is 4.39. The van der Waals surface area contributed by atoms with Crippen LogP contribution in [-0.2, 0) is 4.79 Å². The molecule has 0 aliphatic carbocycles. The van der Waals surface area contributed by atoms with E-state index in [1.165, 1.54) is 0 Å². The highest BCUT2D eigenvalue weighted by Gasteiger charge is 2.15. The Kier molecular flexibility index (Phi) is 4.35. The molecule has 0 atom stereocenters. The molecule has 4 rings (SSSR count). The van der Waals surface area contributed by atoms with Crippen molar-refractivity contribution in [1.29, 1.82) is 0 Å². The molecule has 3 heterocycles. The van der Waals surface area contributed by atoms with Crippen LogP contribution >= 0.6 is 0 Å². The molecule has 1 amide bonds. The molecule has 0 unspecified atom stereocenters. The minimum atomic E-state index is -0.0651. The van der Waals surface area contributed by atoms with E-state index in [2.05, 4.69) is 25.2 Å². The van der Waals surface area contributed by atoms with Crippen LogP contribution < -0.4 is 5.32 Å². The number of likely N-dealkylation sites (tertiary alicyclic amines) is 1. The number of pyridine rings is 1. The number of anilines is 1. The summed E-state index contributed by atoms with van der Waals surface area (Å²) < 4.78 is 0. The number of aromatic nitrogens is 3. The van der Waals surface area contributed by atoms with Gasteiger partial charge in [-0.15, -0.1) is 0 Å². The number of nitrogens with zero attached hydrogens (tertiary/aromatic N) is 4. The Morgan fingerprint density at radius 2 is 2.00 bits per heavy atom. The van der Waals surface area contributed by atoms with E-state index >= 15 is 0 Å². The zero-order valence-corrected chi connectivity index (χ0v) is 13.9. The number of amides is 1. The number of rotatable bonds is 4. The highest BCUT2D eigenvalue weighted by Crippen LogP contribution is 2.23. The maximum atomic E-state index is 12.2. The molecule has 0 saturated carbocycles. The van der Waals surface area contributed by atoms with Gasteiger partial charge in [-0.3, -0.25) is 20.0 Å². The first-order valence-corrected chi connectivity index (χ1v) is 8.47. The molecular formula is C19H19N5O. The molecule has 2 aromatic heterocycles. The van der Waals surface area contributed by atoms with Gasteiger partial charge in [0.25, 0.3) is 0 Å². The van der Waals surface area contributed by atoms with Crippen molar-refractivity contribution in [3.8, 4) is 11.1 Å². The van der Waals surface area contributed by atoms with Crippen LogP contribution in [0.4, 0.5) is 5.95 Å². The lowest BCUT2D eigenvalue weighted by atomic mass is 10.1. The molecular weight excluding hydrogens is 314 g/mol. The van der Waals surface area contributed by atoms with Crippen molar-refractivity contribution in [3.05, 3.63) is 48.9 Å². The summed E-state index contributed by atoms with van der Waals surface area (Å²) in [5.41, 5.74) is 2.86. The lowest BCUT2D eigenvalue weighted by Crippen LogP contribution is -2.31. The van der Waals surface area contributed by atoms with E-state index in [4.69, 9.17) is 0 Å². The van der Waals surface area contributed by atoms with E-state index in [0.717, 1.165) is 48.0 Å². The minimum Gasteiger partial charge on any atom is -0.295 e. The van der Waals surface area contributed by atoms with Crippen LogP contribution in [0.25, 0.3) is 22.0 Å². The van der Waals surface area contributed by atoms with Crippen molar-refractivity contribution < 1.29 is 4.79 Å². The number of carbonyl (C=O) groups excluding carboxylic acids is 1. The first kappa shape index (κ1) is 15.7. The first-order chi connectivity index (χ1) is 12.3. The standard InChI is InChI=1S/C19H19N5O/c25-18(13-24-8-1-2-9-24)23-19-21-12-16-6-5-14(10-17(16)22-19)15-4-3-7-20-11-15/h3-7,10-12H,1-2,8-9,13H2,(H,21,22,23,25). The summed E-state index contributed by atoms with van der Waals surface area (Å²) in [4.78, 5) is 27.2. The fourth-order valence-electron chi connectivity index (χ4n) is 3.10. The van der Waals surface area contributed by atoms with Crippen molar-refractivity contribution in [2.75, 3.05) is 25.0 Å². The molecule has 1 fully saturated rings. The van der Waals surface area contributed by atoms with E-state index in [0.29, 0.717) is 12.5 Å². The molecule has 25 heavy (non-hydrogen) atoms. The van der Waals surface area contributed by atoms with Gasteiger partial charge in [0.1, 0.15) is 0 Å². The lowest BCUT2D eigenvalue weighted by Gasteiger charge is -2.13. The Hall–Kier alpha value is -2.86. The molecule has 1 aliphatic heterocycles. The maximum Gasteiger partial charge on any atom is 0.240 e. The smallest absolute Gasteiger partial charge is 0.240 e. The van der Waals surface area contributed by atoms with Crippen molar-refractivity contribution in [3.63, 3.8) is 0 Å². The van der Waals surface area contributed by atoms with Crippen molar-refractivity contribution >= 4 is 22.8 Å². The van der Waals surface area contributed by atoms with Crippen LogP contribution in [0.5, 0.6) is 0 Å². The summed E-state index contributed by atoms with van der Waals surface area (Å²) in [5.74, 6) is 0.282. The van der Waals surface area contributed by atoms with Gasteiger partial charge in [0.2, 0.25) is 11.9 Å². The molecule has 0 radical (unpaired) electrons. The van der Waals surface area contributed by atoms with E-state index in [1.807, 2.05) is 36.5 Å². The van der Waals surface area contributed by atoms with Gasteiger partial charge < -0.3 is 0 Å². The van der Waals surface area contributed by atoms with Crippen molar-refractivity contribution in [2.45, 2.75) is 12.8 Å². The fraction of sp³-hybridized carbons (Fsp3) is 0.263. The Bertz CT molecular complexity index is 891. The highest BCUT2D eigenvalue weighted by atomic mass is 16.2. The number of hydrogen-bond donors (Lipinski definition) is 1. The molecule has 1 aromatic carbocycles. The fourth-order valence-corrected chi connectivity index (χ4v) is 3.10. The maximum absolute atomic E-state index is 12.2. The van der Waals surface area contributed by atoms with Gasteiger partial charge in [0, 0.05) is 29.5 Å². The third-order valence-electron chi connectivity index (χ3n) is 4.39. The number of benzene rings is 1. The Morgan fingerprint density at radius 1 is 1.12 bits per heavy atom. The normalized spacial score (nSPS) is 14.7. The molecule has 6 nitrogen and oxygen atoms in total. The van der Waals surface area contributed by atoms with Gasteiger partial charge in [-0.05, 0) is 43.6 Å². The first-order valence-electron chi connectivity index (χ1n) is 8.47. The number of fused-ring (bicyclic) bond motifs is 1. The van der Waals surface area contributed by atoms with Gasteiger partial charge in [-0.1, -0.05) is 18.2 Å². The summed E-state index contributed by atoms with van der Waals surface area (Å²) in [6, 6.07) is 9.91. The number of nitrogens with one attached hydrogen (secondary N) is 1. The van der Waals surface area contributed by atoms with E-state index in [1.54, 1.807) is 12.4 Å². The summed E-state index contributed by atoms with van der Waals surface area (Å²) in [6.45, 7) is 2.37. The predicted octanol–water partition coefficient (Wildman–Crippen LogP) is 2.73. The van der Waals surface area contributed by atoms with Crippen LogP contribution in [0, 0.1) is 0 Å². The SMILES string of the molecule is O=C(CN1CCCC1)Nc1ncc2ccc(-c3cccnc3)cc2n1. The van der Waals surface area contributed by atoms with Crippen molar-refractivity contribution in [1.82, 2.24) is 19.9 Å². The van der Waals surface area contributed by atoms with Gasteiger partial charge in [-0.2, -0.15) is 0 Å². The van der Waals surface area contributed by atoms with Gasteiger partial charge in [-0.25, -0.2) is 9.97 Å². The zero-order chi connectivity index (χ0) is 17.1. The molecule has 1 saturated heterocycles. The molecule has 0 bridgehead atoms. The topological polar surface area (TPSA) is 71.0 Å². The highest BCUT2D eigenvalue weighted by molar-refractivity contribution is 5.92. The van der Waals surface area contributed by atoms with E-state index < -0.39 is 0 Å². The Labute approximate surface area is 145 Å². The van der Waals surface area contributed by atoms with Crippen LogP contribution in [0.3, 0.4) is 0 Å².